The van der Waals surface area contributed by atoms with E-state index in [0.29, 0.717) is 23.7 Å². The Morgan fingerprint density at radius 2 is 1.90 bits per heavy atom. The molecular weight excluding hydrogens is 496 g/mol. The van der Waals surface area contributed by atoms with Crippen LogP contribution >= 0.6 is 0 Å². The van der Waals surface area contributed by atoms with Gasteiger partial charge in [-0.3, -0.25) is 10.3 Å². The minimum Gasteiger partial charge on any atom is -0.493 e. The molecule has 1 heterocycles. The van der Waals surface area contributed by atoms with Crippen molar-refractivity contribution in [2.45, 2.75) is 91.7 Å². The van der Waals surface area contributed by atoms with E-state index < -0.39 is 0 Å². The van der Waals surface area contributed by atoms with E-state index in [1.54, 1.807) is 0 Å². The fourth-order valence-corrected chi connectivity index (χ4v) is 5.98. The summed E-state index contributed by atoms with van der Waals surface area (Å²) in [5.41, 5.74) is 3.81. The quantitative estimate of drug-likeness (QED) is 0.152. The maximum atomic E-state index is 11.0. The zero-order valence-electron chi connectivity index (χ0n) is 25.7. The number of aliphatic imine (C=N–C) groups is 1. The number of hydrogen-bond donors (Lipinski definition) is 2. The van der Waals surface area contributed by atoms with Crippen LogP contribution in [0.25, 0.3) is 5.57 Å². The normalized spacial score (nSPS) is 20.6. The number of aliphatic hydroxyl groups is 1. The maximum absolute atomic E-state index is 11.0. The van der Waals surface area contributed by atoms with E-state index in [1.165, 1.54) is 30.4 Å². The van der Waals surface area contributed by atoms with E-state index in [4.69, 9.17) is 10.1 Å². The summed E-state index contributed by atoms with van der Waals surface area (Å²) in [6, 6.07) is 8.54. The molecule has 2 aliphatic rings. The first kappa shape index (κ1) is 32.1. The smallest absolute Gasteiger partial charge is 0.217 e. The summed E-state index contributed by atoms with van der Waals surface area (Å²) in [7, 11) is 2.08. The van der Waals surface area contributed by atoms with Crippen molar-refractivity contribution in [3.05, 3.63) is 47.6 Å². The first-order valence-electron chi connectivity index (χ1n) is 15.7. The highest BCUT2D eigenvalue weighted by atomic mass is 16.5. The van der Waals surface area contributed by atoms with Crippen molar-refractivity contribution in [3.63, 3.8) is 0 Å². The number of nitrogens with one attached hydrogen (secondary N) is 1. The molecule has 1 aromatic carbocycles. The molecule has 1 saturated heterocycles. The number of benzene rings is 1. The van der Waals surface area contributed by atoms with Gasteiger partial charge in [-0.15, -0.1) is 0 Å². The molecule has 222 valence electrons. The molecule has 3 rings (SSSR count). The molecule has 3 atom stereocenters. The highest BCUT2D eigenvalue weighted by molar-refractivity contribution is 5.91. The van der Waals surface area contributed by atoms with Crippen molar-refractivity contribution in [1.29, 1.82) is 5.41 Å². The minimum absolute atomic E-state index is 0.305. The molecule has 6 heteroatoms. The van der Waals surface area contributed by atoms with Gasteiger partial charge in [0.05, 0.1) is 6.61 Å². The molecule has 40 heavy (non-hydrogen) atoms. The average Bonchev–Trinajstić information content (AvgIpc) is 3.00. The van der Waals surface area contributed by atoms with Gasteiger partial charge >= 0.3 is 0 Å². The van der Waals surface area contributed by atoms with E-state index >= 15 is 0 Å². The second-order valence-corrected chi connectivity index (χ2v) is 11.7. The summed E-state index contributed by atoms with van der Waals surface area (Å²) in [5, 5.41) is 19.3. The molecule has 0 spiro atoms. The Morgan fingerprint density at radius 3 is 2.48 bits per heavy atom. The fourth-order valence-electron chi connectivity index (χ4n) is 5.98. The highest BCUT2D eigenvalue weighted by Crippen LogP contribution is 2.33. The fraction of sp³-hybridized carbons (Fsp3) is 0.647. The number of allylic oxidation sites excluding steroid dienone is 4. The monoisotopic (exact) mass is 550 g/mol. The molecule has 6 nitrogen and oxygen atoms in total. The first-order chi connectivity index (χ1) is 19.4. The van der Waals surface area contributed by atoms with Gasteiger partial charge < -0.3 is 14.7 Å². The van der Waals surface area contributed by atoms with Gasteiger partial charge in [-0.05, 0) is 99.6 Å². The van der Waals surface area contributed by atoms with Crippen LogP contribution in [0.5, 0.6) is 5.75 Å². The van der Waals surface area contributed by atoms with Gasteiger partial charge in [-0.25, -0.2) is 4.99 Å². The van der Waals surface area contributed by atoms with Crippen LogP contribution in [0.4, 0.5) is 0 Å². The number of ether oxygens (including phenoxy) is 1. The van der Waals surface area contributed by atoms with Crippen LogP contribution in [0.3, 0.4) is 0 Å². The molecule has 0 aromatic heterocycles. The Morgan fingerprint density at radius 1 is 1.18 bits per heavy atom. The molecule has 2 N–H and O–H groups in total. The van der Waals surface area contributed by atoms with Gasteiger partial charge in [0.25, 0.3) is 0 Å². The SMILES string of the molecule is CC=C(C=NC(=N)N1CCC(COc2ccc(C3=CCC(C(O)N(C)CC(CC)CCC)CC3)cc2)CC1)CC. The van der Waals surface area contributed by atoms with E-state index in [9.17, 15) is 5.11 Å². The Bertz CT molecular complexity index is 992. The van der Waals surface area contributed by atoms with Crippen molar-refractivity contribution in [2.24, 2.45) is 22.7 Å². The lowest BCUT2D eigenvalue weighted by Crippen LogP contribution is -2.41. The lowest BCUT2D eigenvalue weighted by Gasteiger charge is -2.34. The van der Waals surface area contributed by atoms with Crippen molar-refractivity contribution in [1.82, 2.24) is 9.80 Å². The second-order valence-electron chi connectivity index (χ2n) is 11.7. The van der Waals surface area contributed by atoms with Gasteiger partial charge in [-0.2, -0.15) is 0 Å². The highest BCUT2D eigenvalue weighted by Gasteiger charge is 2.27. The Kier molecular flexibility index (Phi) is 13.4. The zero-order chi connectivity index (χ0) is 28.9. The van der Waals surface area contributed by atoms with E-state index in [2.05, 4.69) is 79.0 Å². The van der Waals surface area contributed by atoms with Crippen LogP contribution in [-0.2, 0) is 0 Å². The molecule has 3 unspecified atom stereocenters. The standard InChI is InChI=1S/C34H54N4O2/c1-6-10-27(9-4)24-37(5)33(39)31-13-11-29(12-14-31)30-15-17-32(18-16-30)40-25-28-19-21-38(22-20-28)34(35)36-23-26(7-2)8-3/h7,11,15-18,23,27-28,31,33,35,39H,6,8-10,12-14,19-22,24-25H2,1-5H3. The third-order valence-corrected chi connectivity index (χ3v) is 8.90. The average molecular weight is 551 g/mol. The number of piperidine rings is 1. The predicted octanol–water partition coefficient (Wildman–Crippen LogP) is 7.40. The third kappa shape index (κ3) is 9.59. The van der Waals surface area contributed by atoms with Crippen molar-refractivity contribution >= 4 is 17.7 Å². The van der Waals surface area contributed by atoms with Crippen LogP contribution in [0.2, 0.25) is 0 Å². The third-order valence-electron chi connectivity index (χ3n) is 8.90. The molecule has 0 radical (unpaired) electrons. The molecule has 1 aliphatic carbocycles. The van der Waals surface area contributed by atoms with Gasteiger partial charge in [0.1, 0.15) is 12.0 Å². The summed E-state index contributed by atoms with van der Waals surface area (Å²) in [6.07, 6.45) is 15.4. The first-order valence-corrected chi connectivity index (χ1v) is 15.7. The largest absolute Gasteiger partial charge is 0.493 e. The number of guanidine groups is 1. The lowest BCUT2D eigenvalue weighted by atomic mass is 9.85. The van der Waals surface area contributed by atoms with E-state index in [0.717, 1.165) is 76.1 Å². The molecule has 1 aromatic rings. The van der Waals surface area contributed by atoms with Crippen LogP contribution in [-0.4, -0.2) is 66.6 Å². The van der Waals surface area contributed by atoms with Crippen LogP contribution in [0, 0.1) is 23.2 Å². The van der Waals surface area contributed by atoms with Crippen molar-refractivity contribution in [3.8, 4) is 5.75 Å². The summed E-state index contributed by atoms with van der Waals surface area (Å²) in [6.45, 7) is 12.0. The second kappa shape index (κ2) is 16.7. The molecule has 1 aliphatic heterocycles. The maximum Gasteiger partial charge on any atom is 0.217 e. The summed E-state index contributed by atoms with van der Waals surface area (Å²) >= 11 is 0. The van der Waals surface area contributed by atoms with Gasteiger partial charge in [0, 0.05) is 31.8 Å². The van der Waals surface area contributed by atoms with Crippen LogP contribution < -0.4 is 4.74 Å². The zero-order valence-corrected chi connectivity index (χ0v) is 25.7. The van der Waals surface area contributed by atoms with E-state index in [1.807, 2.05) is 13.1 Å². The predicted molar refractivity (Wildman–Crippen MR) is 169 cm³/mol. The van der Waals surface area contributed by atoms with Gasteiger partial charge in [-0.1, -0.05) is 57.9 Å². The summed E-state index contributed by atoms with van der Waals surface area (Å²) < 4.78 is 6.16. The number of aliphatic hydroxyl groups excluding tert-OH is 1. The summed E-state index contributed by atoms with van der Waals surface area (Å²) in [4.78, 5) is 8.60. The Balaban J connectivity index is 1.41. The number of hydrogen-bond acceptors (Lipinski definition) is 4. The lowest BCUT2D eigenvalue weighted by molar-refractivity contribution is -0.0352. The van der Waals surface area contributed by atoms with Crippen molar-refractivity contribution < 1.29 is 9.84 Å². The molecule has 0 amide bonds. The van der Waals surface area contributed by atoms with E-state index in [-0.39, 0.29) is 6.23 Å². The molecular formula is C34H54N4O2. The molecule has 1 fully saturated rings. The topological polar surface area (TPSA) is 72.2 Å². The van der Waals surface area contributed by atoms with Crippen LogP contribution in [0.1, 0.15) is 91.0 Å². The van der Waals surface area contributed by atoms with Crippen molar-refractivity contribution in [2.75, 3.05) is 33.3 Å². The number of nitrogens with zero attached hydrogens (tertiary/aromatic N) is 3. The summed E-state index contributed by atoms with van der Waals surface area (Å²) in [5.74, 6) is 2.77. The molecule has 0 saturated carbocycles. The Hall–Kier alpha value is -2.44. The number of likely N-dealkylation sites (tertiary alicyclic amines) is 1. The van der Waals surface area contributed by atoms with Gasteiger partial charge in [0.2, 0.25) is 5.96 Å². The number of rotatable bonds is 13. The Labute approximate surface area is 243 Å². The molecule has 0 bridgehead atoms. The minimum atomic E-state index is -0.364. The van der Waals surface area contributed by atoms with Crippen LogP contribution in [0.15, 0.2) is 47.0 Å². The van der Waals surface area contributed by atoms with Gasteiger partial charge in [0.15, 0.2) is 0 Å².